The van der Waals surface area contributed by atoms with Crippen molar-refractivity contribution in [1.29, 1.82) is 5.41 Å². The molecule has 1 atom stereocenters. The number of hydrogen-bond acceptors (Lipinski definition) is 6. The van der Waals surface area contributed by atoms with E-state index < -0.39 is 36.0 Å². The molecule has 0 spiro atoms. The Morgan fingerprint density at radius 2 is 1.77 bits per heavy atom. The molecule has 0 saturated carbocycles. The molecule has 126 valence electrons. The molecule has 0 aromatic carbocycles. The standard InChI is InChI=1S/C13H23N3O6/c1-6-7-21-13(20)16(22-11(19)8(2)3)12(14)15(5)9(4)10(17)18/h8-9,14H,6-7H2,1-5H3,(H,17,18). The second-order valence-electron chi connectivity index (χ2n) is 4.92. The zero-order valence-electron chi connectivity index (χ0n) is 13.5. The van der Waals surface area contributed by atoms with Crippen molar-refractivity contribution in [3.8, 4) is 0 Å². The van der Waals surface area contributed by atoms with E-state index in [9.17, 15) is 14.4 Å². The van der Waals surface area contributed by atoms with Crippen LogP contribution in [-0.2, 0) is 19.2 Å². The average Bonchev–Trinajstić information content (AvgIpc) is 2.47. The van der Waals surface area contributed by atoms with Gasteiger partial charge in [0.25, 0.3) is 0 Å². The van der Waals surface area contributed by atoms with Gasteiger partial charge >= 0.3 is 18.0 Å². The van der Waals surface area contributed by atoms with E-state index in [0.29, 0.717) is 11.5 Å². The first-order chi connectivity index (χ1) is 10.1. The highest BCUT2D eigenvalue weighted by molar-refractivity contribution is 5.94. The van der Waals surface area contributed by atoms with Crippen LogP contribution in [0.25, 0.3) is 0 Å². The summed E-state index contributed by atoms with van der Waals surface area (Å²) in [6, 6.07) is -1.09. The van der Waals surface area contributed by atoms with Crippen LogP contribution >= 0.6 is 0 Å². The molecule has 0 aliphatic heterocycles. The van der Waals surface area contributed by atoms with Crippen molar-refractivity contribution < 1.29 is 29.1 Å². The van der Waals surface area contributed by atoms with E-state index in [-0.39, 0.29) is 6.61 Å². The molecule has 0 saturated heterocycles. The Hall–Kier alpha value is -2.32. The molecule has 1 unspecified atom stereocenters. The lowest BCUT2D eigenvalue weighted by Gasteiger charge is -2.29. The van der Waals surface area contributed by atoms with Crippen molar-refractivity contribution in [2.45, 2.75) is 40.2 Å². The number of hydrogen-bond donors (Lipinski definition) is 2. The number of carboxylic acids is 1. The Balaban J connectivity index is 5.20. The molecule has 0 aliphatic carbocycles. The lowest BCUT2D eigenvalue weighted by atomic mass is 10.2. The van der Waals surface area contributed by atoms with Crippen molar-refractivity contribution in [2.24, 2.45) is 5.92 Å². The lowest BCUT2D eigenvalue weighted by Crippen LogP contribution is -2.51. The number of nitrogens with zero attached hydrogens (tertiary/aromatic N) is 2. The van der Waals surface area contributed by atoms with Crippen molar-refractivity contribution in [3.63, 3.8) is 0 Å². The highest BCUT2D eigenvalue weighted by atomic mass is 16.8. The average molecular weight is 317 g/mol. The highest BCUT2D eigenvalue weighted by Gasteiger charge is 2.32. The van der Waals surface area contributed by atoms with Crippen molar-refractivity contribution >= 4 is 24.0 Å². The van der Waals surface area contributed by atoms with Gasteiger partial charge < -0.3 is 19.6 Å². The molecule has 0 aromatic heterocycles. The molecule has 0 heterocycles. The molecule has 0 rings (SSSR count). The van der Waals surface area contributed by atoms with E-state index in [1.807, 2.05) is 0 Å². The number of aliphatic carboxylic acids is 1. The zero-order valence-corrected chi connectivity index (χ0v) is 13.5. The maximum absolute atomic E-state index is 11.9. The second kappa shape index (κ2) is 8.85. The molecule has 1 amide bonds. The first kappa shape index (κ1) is 19.7. The maximum atomic E-state index is 11.9. The zero-order chi connectivity index (χ0) is 17.4. The number of carbonyl (C=O) groups is 3. The van der Waals surface area contributed by atoms with Gasteiger partial charge in [-0.2, -0.15) is 0 Å². The number of guanidine groups is 1. The number of likely N-dealkylation sites (N-methyl/N-ethyl adjacent to an activating group) is 1. The van der Waals surface area contributed by atoms with Gasteiger partial charge in [0.2, 0.25) is 5.96 Å². The SMILES string of the molecule is CCCOC(=O)N(OC(=O)C(C)C)C(=N)N(C)C(C)C(=O)O. The second-order valence-corrected chi connectivity index (χ2v) is 4.92. The number of nitrogens with one attached hydrogen (secondary N) is 1. The largest absolute Gasteiger partial charge is 0.480 e. The molecule has 9 nitrogen and oxygen atoms in total. The number of ether oxygens (including phenoxy) is 1. The molecule has 0 aliphatic rings. The van der Waals surface area contributed by atoms with Crippen LogP contribution in [0, 0.1) is 11.3 Å². The quantitative estimate of drug-likeness (QED) is 0.445. The molecule has 22 heavy (non-hydrogen) atoms. The van der Waals surface area contributed by atoms with Crippen LogP contribution in [0.15, 0.2) is 0 Å². The third-order valence-electron chi connectivity index (χ3n) is 2.71. The molecule has 2 N–H and O–H groups in total. The first-order valence-electron chi connectivity index (χ1n) is 6.86. The monoisotopic (exact) mass is 317 g/mol. The van der Waals surface area contributed by atoms with E-state index in [2.05, 4.69) is 0 Å². The van der Waals surface area contributed by atoms with Gasteiger partial charge in [-0.1, -0.05) is 25.8 Å². The predicted molar refractivity (Wildman–Crippen MR) is 77.0 cm³/mol. The molecule has 0 bridgehead atoms. The summed E-state index contributed by atoms with van der Waals surface area (Å²) in [5.74, 6) is -3.07. The Morgan fingerprint density at radius 3 is 2.18 bits per heavy atom. The predicted octanol–water partition coefficient (Wildman–Crippen LogP) is 1.29. The minimum atomic E-state index is -1.19. The fraction of sp³-hybridized carbons (Fsp3) is 0.692. The Bertz CT molecular complexity index is 437. The fourth-order valence-corrected chi connectivity index (χ4v) is 1.10. The Morgan fingerprint density at radius 1 is 1.23 bits per heavy atom. The van der Waals surface area contributed by atoms with Crippen LogP contribution in [0.5, 0.6) is 0 Å². The van der Waals surface area contributed by atoms with Crippen LogP contribution in [-0.4, -0.2) is 58.8 Å². The number of hydroxylamine groups is 2. The number of carbonyl (C=O) groups excluding carboxylic acids is 2. The number of amides is 1. The summed E-state index contributed by atoms with van der Waals surface area (Å²) in [4.78, 5) is 40.3. The lowest BCUT2D eigenvalue weighted by molar-refractivity contribution is -0.173. The topological polar surface area (TPSA) is 120 Å². The summed E-state index contributed by atoms with van der Waals surface area (Å²) in [6.07, 6.45) is -0.503. The van der Waals surface area contributed by atoms with Crippen LogP contribution < -0.4 is 0 Å². The summed E-state index contributed by atoms with van der Waals surface area (Å²) in [6.45, 7) is 6.31. The molecule has 0 radical (unpaired) electrons. The maximum Gasteiger partial charge on any atom is 0.451 e. The molecule has 9 heteroatoms. The van der Waals surface area contributed by atoms with Gasteiger partial charge in [0.1, 0.15) is 6.04 Å². The van der Waals surface area contributed by atoms with E-state index in [0.717, 1.165) is 4.90 Å². The third-order valence-corrected chi connectivity index (χ3v) is 2.71. The van der Waals surface area contributed by atoms with Gasteiger partial charge in [-0.3, -0.25) is 5.41 Å². The molecule has 0 fully saturated rings. The summed E-state index contributed by atoms with van der Waals surface area (Å²) in [5.41, 5.74) is 0. The normalized spacial score (nSPS) is 11.5. The number of carboxylic acid groups (broad SMARTS) is 1. The summed E-state index contributed by atoms with van der Waals surface area (Å²) >= 11 is 0. The summed E-state index contributed by atoms with van der Waals surface area (Å²) in [5, 5.41) is 17.2. The van der Waals surface area contributed by atoms with Gasteiger partial charge in [0, 0.05) is 7.05 Å². The van der Waals surface area contributed by atoms with Crippen molar-refractivity contribution in [3.05, 3.63) is 0 Å². The van der Waals surface area contributed by atoms with Crippen LogP contribution in [0.3, 0.4) is 0 Å². The third kappa shape index (κ3) is 5.58. The van der Waals surface area contributed by atoms with Crippen LogP contribution in [0.4, 0.5) is 4.79 Å². The van der Waals surface area contributed by atoms with Gasteiger partial charge in [0.15, 0.2) is 0 Å². The van der Waals surface area contributed by atoms with E-state index in [1.54, 1.807) is 20.8 Å². The Labute approximate surface area is 129 Å². The van der Waals surface area contributed by atoms with Gasteiger partial charge in [-0.15, -0.1) is 0 Å². The highest BCUT2D eigenvalue weighted by Crippen LogP contribution is 2.08. The summed E-state index contributed by atoms with van der Waals surface area (Å²) < 4.78 is 4.84. The minimum Gasteiger partial charge on any atom is -0.480 e. The van der Waals surface area contributed by atoms with Gasteiger partial charge in [-0.05, 0) is 13.3 Å². The fourth-order valence-electron chi connectivity index (χ4n) is 1.10. The van der Waals surface area contributed by atoms with E-state index in [1.165, 1.54) is 14.0 Å². The minimum absolute atomic E-state index is 0.0834. The van der Waals surface area contributed by atoms with E-state index in [4.69, 9.17) is 20.1 Å². The summed E-state index contributed by atoms with van der Waals surface area (Å²) in [7, 11) is 1.30. The van der Waals surface area contributed by atoms with Gasteiger partial charge in [-0.25, -0.2) is 14.4 Å². The Kier molecular flexibility index (Phi) is 7.92. The van der Waals surface area contributed by atoms with E-state index >= 15 is 0 Å². The van der Waals surface area contributed by atoms with Crippen molar-refractivity contribution in [1.82, 2.24) is 9.96 Å². The van der Waals surface area contributed by atoms with Crippen LogP contribution in [0.2, 0.25) is 0 Å². The molecular weight excluding hydrogens is 294 g/mol. The van der Waals surface area contributed by atoms with Gasteiger partial charge in [0.05, 0.1) is 12.5 Å². The van der Waals surface area contributed by atoms with Crippen LogP contribution in [0.1, 0.15) is 34.1 Å². The van der Waals surface area contributed by atoms with Crippen molar-refractivity contribution in [2.75, 3.05) is 13.7 Å². The number of rotatable bonds is 5. The first-order valence-corrected chi connectivity index (χ1v) is 6.86. The molecule has 0 aromatic rings. The smallest absolute Gasteiger partial charge is 0.451 e. The molecular formula is C13H23N3O6.